The van der Waals surface area contributed by atoms with Crippen LogP contribution in [0.15, 0.2) is 60.8 Å². The highest BCUT2D eigenvalue weighted by atomic mass is 32.1. The molecule has 1 heterocycles. The summed E-state index contributed by atoms with van der Waals surface area (Å²) < 4.78 is 23.6. The van der Waals surface area contributed by atoms with Gasteiger partial charge in [0.1, 0.15) is 17.3 Å². The Kier molecular flexibility index (Phi) is 4.49. The summed E-state index contributed by atoms with van der Waals surface area (Å²) in [6, 6.07) is 14.4. The molecule has 3 rings (SSSR count). The van der Waals surface area contributed by atoms with Crippen molar-refractivity contribution in [2.24, 2.45) is 0 Å². The zero-order valence-corrected chi connectivity index (χ0v) is 12.5. The van der Waals surface area contributed by atoms with Gasteiger partial charge in [-0.3, -0.25) is 5.32 Å². The van der Waals surface area contributed by atoms with Gasteiger partial charge in [-0.1, -0.05) is 35.6 Å². The second-order valence-corrected chi connectivity index (χ2v) is 5.36. The molecule has 0 atom stereocenters. The number of aromatic nitrogens is 1. The van der Waals surface area contributed by atoms with Gasteiger partial charge in [0, 0.05) is 6.07 Å². The monoisotopic (exact) mass is 330 g/mol. The van der Waals surface area contributed by atoms with E-state index in [2.05, 4.69) is 10.3 Å². The van der Waals surface area contributed by atoms with Crippen LogP contribution in [0.1, 0.15) is 0 Å². The second-order valence-electron chi connectivity index (χ2n) is 4.37. The Balaban J connectivity index is 1.60. The molecule has 0 aliphatic heterocycles. The van der Waals surface area contributed by atoms with Crippen LogP contribution < -0.4 is 14.8 Å². The lowest BCUT2D eigenvalue weighted by Crippen LogP contribution is -2.16. The van der Waals surface area contributed by atoms with E-state index in [0.29, 0.717) is 21.7 Å². The molecule has 116 valence electrons. The summed E-state index contributed by atoms with van der Waals surface area (Å²) in [6.45, 7) is 0. The molecule has 5 nitrogen and oxygen atoms in total. The SMILES string of the molecule is O=C(Nc1ncc(Oc2cccc(F)c2)s1)Oc1ccccc1. The van der Waals surface area contributed by atoms with Crippen LogP contribution >= 0.6 is 11.3 Å². The van der Waals surface area contributed by atoms with Crippen molar-refractivity contribution in [3.63, 3.8) is 0 Å². The lowest BCUT2D eigenvalue weighted by atomic mass is 10.3. The molecule has 1 N–H and O–H groups in total. The molecule has 0 aliphatic carbocycles. The van der Waals surface area contributed by atoms with Crippen LogP contribution in [0.4, 0.5) is 14.3 Å². The molecule has 2 aromatic carbocycles. The molecule has 0 saturated heterocycles. The fourth-order valence-electron chi connectivity index (χ4n) is 1.72. The Bertz CT molecular complexity index is 808. The fourth-order valence-corrected chi connectivity index (χ4v) is 2.39. The van der Waals surface area contributed by atoms with Gasteiger partial charge < -0.3 is 9.47 Å². The summed E-state index contributed by atoms with van der Waals surface area (Å²) in [6.07, 6.45) is 0.788. The molecule has 3 aromatic rings. The first kappa shape index (κ1) is 15.0. The molecule has 7 heteroatoms. The Morgan fingerprint density at radius 1 is 1.09 bits per heavy atom. The van der Waals surface area contributed by atoms with E-state index in [1.54, 1.807) is 36.4 Å². The summed E-state index contributed by atoms with van der Waals surface area (Å²) in [7, 11) is 0. The zero-order chi connectivity index (χ0) is 16.1. The number of nitrogens with one attached hydrogen (secondary N) is 1. The average molecular weight is 330 g/mol. The van der Waals surface area contributed by atoms with E-state index in [1.807, 2.05) is 6.07 Å². The van der Waals surface area contributed by atoms with Gasteiger partial charge in [0.2, 0.25) is 5.06 Å². The Hall–Kier alpha value is -2.93. The Morgan fingerprint density at radius 3 is 2.65 bits per heavy atom. The van der Waals surface area contributed by atoms with E-state index in [-0.39, 0.29) is 0 Å². The molecule has 0 radical (unpaired) electrons. The van der Waals surface area contributed by atoms with E-state index in [4.69, 9.17) is 9.47 Å². The third-order valence-electron chi connectivity index (χ3n) is 2.66. The largest absolute Gasteiger partial charge is 0.445 e. The van der Waals surface area contributed by atoms with Crippen LogP contribution in [0.2, 0.25) is 0 Å². The molecule has 0 fully saturated rings. The zero-order valence-electron chi connectivity index (χ0n) is 11.7. The van der Waals surface area contributed by atoms with Gasteiger partial charge in [0.15, 0.2) is 5.13 Å². The summed E-state index contributed by atoms with van der Waals surface area (Å²) in [5.74, 6) is 0.390. The first-order chi connectivity index (χ1) is 11.2. The minimum absolute atomic E-state index is 0.317. The van der Waals surface area contributed by atoms with Crippen LogP contribution in [0.25, 0.3) is 0 Å². The van der Waals surface area contributed by atoms with Gasteiger partial charge in [-0.05, 0) is 24.3 Å². The number of halogens is 1. The molecule has 1 aromatic heterocycles. The van der Waals surface area contributed by atoms with E-state index in [9.17, 15) is 9.18 Å². The summed E-state index contributed by atoms with van der Waals surface area (Å²) in [5.41, 5.74) is 0. The number of anilines is 1. The minimum atomic E-state index is -0.650. The van der Waals surface area contributed by atoms with Crippen LogP contribution in [0.5, 0.6) is 16.6 Å². The number of carbonyl (C=O) groups excluding carboxylic acids is 1. The number of amides is 1. The van der Waals surface area contributed by atoms with E-state index in [0.717, 1.165) is 11.3 Å². The van der Waals surface area contributed by atoms with Crippen molar-refractivity contribution in [3.8, 4) is 16.6 Å². The maximum absolute atomic E-state index is 13.1. The van der Waals surface area contributed by atoms with Crippen molar-refractivity contribution in [3.05, 3.63) is 66.6 Å². The molecule has 1 amide bonds. The number of hydrogen-bond acceptors (Lipinski definition) is 5. The summed E-state index contributed by atoms with van der Waals surface area (Å²) >= 11 is 1.10. The third-order valence-corrected chi connectivity index (χ3v) is 3.45. The smallest absolute Gasteiger partial charge is 0.418 e. The summed E-state index contributed by atoms with van der Waals surface area (Å²) in [4.78, 5) is 15.7. The minimum Gasteiger partial charge on any atom is -0.445 e. The Labute approximate surface area is 135 Å². The van der Waals surface area contributed by atoms with Crippen molar-refractivity contribution in [1.29, 1.82) is 0 Å². The number of para-hydroxylation sites is 1. The fraction of sp³-hybridized carbons (Fsp3) is 0. The van der Waals surface area contributed by atoms with Crippen molar-refractivity contribution in [2.45, 2.75) is 0 Å². The number of nitrogens with zero attached hydrogens (tertiary/aromatic N) is 1. The number of hydrogen-bond donors (Lipinski definition) is 1. The lowest BCUT2D eigenvalue weighted by molar-refractivity contribution is 0.215. The average Bonchev–Trinajstić information content (AvgIpc) is 2.95. The van der Waals surface area contributed by atoms with Crippen molar-refractivity contribution in [2.75, 3.05) is 5.32 Å². The highest BCUT2D eigenvalue weighted by Gasteiger charge is 2.10. The second kappa shape index (κ2) is 6.89. The molecule has 0 unspecified atom stereocenters. The van der Waals surface area contributed by atoms with Crippen LogP contribution in [-0.2, 0) is 0 Å². The van der Waals surface area contributed by atoms with Gasteiger partial charge in [-0.25, -0.2) is 14.2 Å². The first-order valence-corrected chi connectivity index (χ1v) is 7.44. The molecular formula is C16H11FN2O3S. The van der Waals surface area contributed by atoms with Gasteiger partial charge in [0.25, 0.3) is 0 Å². The highest BCUT2D eigenvalue weighted by molar-refractivity contribution is 7.17. The number of rotatable bonds is 4. The first-order valence-electron chi connectivity index (χ1n) is 6.62. The maximum Gasteiger partial charge on any atom is 0.418 e. The number of carbonyl (C=O) groups is 1. The predicted octanol–water partition coefficient (Wildman–Crippen LogP) is 4.69. The topological polar surface area (TPSA) is 60.5 Å². The predicted molar refractivity (Wildman–Crippen MR) is 84.7 cm³/mol. The van der Waals surface area contributed by atoms with Crippen molar-refractivity contribution in [1.82, 2.24) is 4.98 Å². The van der Waals surface area contributed by atoms with Crippen molar-refractivity contribution < 1.29 is 18.7 Å². The molecule has 23 heavy (non-hydrogen) atoms. The molecule has 0 saturated carbocycles. The maximum atomic E-state index is 13.1. The van der Waals surface area contributed by atoms with Gasteiger partial charge in [0.05, 0.1) is 6.20 Å². The highest BCUT2D eigenvalue weighted by Crippen LogP contribution is 2.30. The number of benzene rings is 2. The van der Waals surface area contributed by atoms with Gasteiger partial charge in [-0.2, -0.15) is 0 Å². The summed E-state index contributed by atoms with van der Waals surface area (Å²) in [5, 5.41) is 3.24. The number of thiazole rings is 1. The molecule has 0 spiro atoms. The van der Waals surface area contributed by atoms with Crippen LogP contribution in [0.3, 0.4) is 0 Å². The Morgan fingerprint density at radius 2 is 1.87 bits per heavy atom. The third kappa shape index (κ3) is 4.27. The number of ether oxygens (including phenoxy) is 2. The van der Waals surface area contributed by atoms with Crippen molar-refractivity contribution >= 4 is 22.6 Å². The normalized spacial score (nSPS) is 10.1. The van der Waals surface area contributed by atoms with Crippen LogP contribution in [0, 0.1) is 5.82 Å². The molecular weight excluding hydrogens is 319 g/mol. The van der Waals surface area contributed by atoms with Gasteiger partial charge in [-0.15, -0.1) is 0 Å². The molecule has 0 aliphatic rings. The quantitative estimate of drug-likeness (QED) is 0.754. The van der Waals surface area contributed by atoms with Crippen LogP contribution in [-0.4, -0.2) is 11.1 Å². The van der Waals surface area contributed by atoms with E-state index in [1.165, 1.54) is 18.3 Å². The standard InChI is InChI=1S/C16H11FN2O3S/c17-11-5-4-8-13(9-11)21-14-10-18-15(23-14)19-16(20)22-12-6-2-1-3-7-12/h1-10H,(H,18,19,20). The van der Waals surface area contributed by atoms with E-state index >= 15 is 0 Å². The lowest BCUT2D eigenvalue weighted by Gasteiger charge is -2.03. The molecule has 0 bridgehead atoms. The van der Waals surface area contributed by atoms with E-state index < -0.39 is 11.9 Å². The van der Waals surface area contributed by atoms with Gasteiger partial charge >= 0.3 is 6.09 Å².